The zero-order valence-electron chi connectivity index (χ0n) is 17.5. The van der Waals surface area contributed by atoms with Crippen LogP contribution in [0, 0.1) is 5.92 Å². The number of aliphatic carboxylic acids is 1. The second kappa shape index (κ2) is 10.2. The van der Waals surface area contributed by atoms with Crippen molar-refractivity contribution in [3.63, 3.8) is 0 Å². The third-order valence-corrected chi connectivity index (χ3v) is 5.67. The summed E-state index contributed by atoms with van der Waals surface area (Å²) < 4.78 is 40.6. The minimum atomic E-state index is -4.58. The van der Waals surface area contributed by atoms with Crippen LogP contribution in [0.4, 0.5) is 18.9 Å². The fourth-order valence-electron chi connectivity index (χ4n) is 3.35. The van der Waals surface area contributed by atoms with Crippen LogP contribution >= 0.6 is 11.6 Å². The lowest BCUT2D eigenvalue weighted by atomic mass is 9.85. The van der Waals surface area contributed by atoms with Crippen molar-refractivity contribution in [3.8, 4) is 0 Å². The van der Waals surface area contributed by atoms with Gasteiger partial charge in [-0.05, 0) is 41.2 Å². The SMILES string of the molecule is CCc1ccc([C@@H](C(=O)Nc2cc([C@H](C)CC(=O)O)ccc2Cl)[C@@H](C)C(F)(F)F)cc1. The Bertz CT molecular complexity index is 929. The molecule has 0 aliphatic heterocycles. The molecule has 0 saturated carbocycles. The fraction of sp³-hybridized carbons (Fsp3) is 0.391. The number of anilines is 1. The minimum Gasteiger partial charge on any atom is -0.481 e. The quantitative estimate of drug-likeness (QED) is 0.484. The van der Waals surface area contributed by atoms with Crippen molar-refractivity contribution >= 4 is 29.2 Å². The number of benzene rings is 2. The van der Waals surface area contributed by atoms with Crippen LogP contribution in [0.5, 0.6) is 0 Å². The average Bonchev–Trinajstić information content (AvgIpc) is 2.69. The molecule has 0 spiro atoms. The molecule has 4 nitrogen and oxygen atoms in total. The summed E-state index contributed by atoms with van der Waals surface area (Å²) in [6.45, 7) is 4.61. The number of amides is 1. The number of rotatable bonds is 8. The van der Waals surface area contributed by atoms with Gasteiger partial charge in [0.2, 0.25) is 5.91 Å². The number of carboxylic acid groups (broad SMARTS) is 1. The smallest absolute Gasteiger partial charge is 0.392 e. The van der Waals surface area contributed by atoms with Crippen molar-refractivity contribution in [2.45, 2.75) is 51.6 Å². The van der Waals surface area contributed by atoms with Gasteiger partial charge in [0.05, 0.1) is 29.0 Å². The van der Waals surface area contributed by atoms with Crippen LogP contribution in [0.2, 0.25) is 5.02 Å². The lowest BCUT2D eigenvalue weighted by Gasteiger charge is -2.26. The maximum absolute atomic E-state index is 13.5. The molecule has 8 heteroatoms. The van der Waals surface area contributed by atoms with Crippen LogP contribution < -0.4 is 5.32 Å². The van der Waals surface area contributed by atoms with Crippen LogP contribution in [-0.4, -0.2) is 23.2 Å². The molecule has 168 valence electrons. The summed E-state index contributed by atoms with van der Waals surface area (Å²) in [5, 5.41) is 11.7. The molecule has 0 aliphatic carbocycles. The molecule has 0 bridgehead atoms. The van der Waals surface area contributed by atoms with Gasteiger partial charge in [0, 0.05) is 0 Å². The Balaban J connectivity index is 2.38. The molecule has 0 unspecified atom stereocenters. The van der Waals surface area contributed by atoms with Gasteiger partial charge in [0.15, 0.2) is 0 Å². The van der Waals surface area contributed by atoms with Crippen molar-refractivity contribution < 1.29 is 27.9 Å². The first kappa shape index (κ1) is 24.7. The molecule has 0 saturated heterocycles. The van der Waals surface area contributed by atoms with Gasteiger partial charge in [-0.1, -0.05) is 62.7 Å². The van der Waals surface area contributed by atoms with Gasteiger partial charge in [-0.3, -0.25) is 9.59 Å². The lowest BCUT2D eigenvalue weighted by Crippen LogP contribution is -2.34. The van der Waals surface area contributed by atoms with E-state index >= 15 is 0 Å². The Morgan fingerprint density at radius 1 is 1.06 bits per heavy atom. The van der Waals surface area contributed by atoms with E-state index in [2.05, 4.69) is 5.32 Å². The number of aryl methyl sites for hydroxylation is 1. The van der Waals surface area contributed by atoms with Gasteiger partial charge in [-0.25, -0.2) is 0 Å². The summed E-state index contributed by atoms with van der Waals surface area (Å²) in [5.41, 5.74) is 1.96. The highest BCUT2D eigenvalue weighted by Crippen LogP contribution is 2.39. The third-order valence-electron chi connectivity index (χ3n) is 5.34. The molecule has 2 N–H and O–H groups in total. The van der Waals surface area contributed by atoms with E-state index in [4.69, 9.17) is 16.7 Å². The van der Waals surface area contributed by atoms with Gasteiger partial charge < -0.3 is 10.4 Å². The van der Waals surface area contributed by atoms with Crippen LogP contribution in [0.25, 0.3) is 0 Å². The summed E-state index contributed by atoms with van der Waals surface area (Å²) in [4.78, 5) is 24.0. The number of halogens is 4. The molecule has 1 amide bonds. The van der Waals surface area contributed by atoms with Gasteiger partial charge >= 0.3 is 12.1 Å². The van der Waals surface area contributed by atoms with Crippen LogP contribution in [0.1, 0.15) is 55.7 Å². The summed E-state index contributed by atoms with van der Waals surface area (Å²) in [7, 11) is 0. The predicted molar refractivity (Wildman–Crippen MR) is 115 cm³/mol. The first-order valence-corrected chi connectivity index (χ1v) is 10.3. The first-order chi connectivity index (χ1) is 14.4. The molecule has 2 rings (SSSR count). The van der Waals surface area contributed by atoms with Crippen molar-refractivity contribution in [2.24, 2.45) is 5.92 Å². The number of alkyl halides is 3. The molecule has 0 radical (unpaired) electrons. The van der Waals surface area contributed by atoms with Gasteiger partial charge in [-0.15, -0.1) is 0 Å². The number of carboxylic acids is 1. The predicted octanol–water partition coefficient (Wildman–Crippen LogP) is 6.40. The molecule has 0 heterocycles. The number of hydrogen-bond acceptors (Lipinski definition) is 2. The zero-order valence-corrected chi connectivity index (χ0v) is 18.2. The Labute approximate surface area is 184 Å². The molecule has 31 heavy (non-hydrogen) atoms. The van der Waals surface area contributed by atoms with E-state index in [1.165, 1.54) is 24.3 Å². The summed E-state index contributed by atoms with van der Waals surface area (Å²) in [6.07, 6.45) is -3.98. The molecule has 0 fully saturated rings. The lowest BCUT2D eigenvalue weighted by molar-refractivity contribution is -0.178. The van der Waals surface area contributed by atoms with Crippen molar-refractivity contribution in [1.29, 1.82) is 0 Å². The number of carbonyl (C=O) groups is 2. The zero-order chi connectivity index (χ0) is 23.3. The Morgan fingerprint density at radius 3 is 2.16 bits per heavy atom. The van der Waals surface area contributed by atoms with E-state index in [9.17, 15) is 22.8 Å². The van der Waals surface area contributed by atoms with Crippen molar-refractivity contribution in [2.75, 3.05) is 5.32 Å². The first-order valence-electron chi connectivity index (χ1n) is 9.91. The van der Waals surface area contributed by atoms with E-state index in [1.807, 2.05) is 6.92 Å². The summed E-state index contributed by atoms with van der Waals surface area (Å²) >= 11 is 6.16. The summed E-state index contributed by atoms with van der Waals surface area (Å²) in [5.74, 6) is -5.58. The topological polar surface area (TPSA) is 66.4 Å². The molecule has 0 aromatic heterocycles. The van der Waals surface area contributed by atoms with E-state index in [0.29, 0.717) is 5.56 Å². The standard InChI is InChI=1S/C23H25ClF3NO3/c1-4-15-5-7-16(8-6-15)21(14(3)23(25,26)27)22(31)28-19-12-17(9-10-18(19)24)13(2)11-20(29)30/h5-10,12-14,21H,4,11H2,1-3H3,(H,28,31)(H,29,30)/t13-,14-,21+/m1/s1. The highest BCUT2D eigenvalue weighted by molar-refractivity contribution is 6.33. The van der Waals surface area contributed by atoms with Crippen molar-refractivity contribution in [1.82, 2.24) is 0 Å². The third kappa shape index (κ3) is 6.47. The Hall–Kier alpha value is -2.54. The normalized spacial score (nSPS) is 14.5. The monoisotopic (exact) mass is 455 g/mol. The Kier molecular flexibility index (Phi) is 8.12. The molecule has 2 aromatic carbocycles. The average molecular weight is 456 g/mol. The van der Waals surface area contributed by atoms with E-state index < -0.39 is 29.9 Å². The number of hydrogen-bond donors (Lipinski definition) is 2. The molecule has 3 atom stereocenters. The molecule has 0 aliphatic rings. The number of carbonyl (C=O) groups excluding carboxylic acids is 1. The highest BCUT2D eigenvalue weighted by Gasteiger charge is 2.45. The highest BCUT2D eigenvalue weighted by atomic mass is 35.5. The fourth-order valence-corrected chi connectivity index (χ4v) is 3.52. The minimum absolute atomic E-state index is 0.132. The Morgan fingerprint density at radius 2 is 1.65 bits per heavy atom. The van der Waals surface area contributed by atoms with Crippen LogP contribution in [-0.2, 0) is 16.0 Å². The largest absolute Gasteiger partial charge is 0.481 e. The molecular weight excluding hydrogens is 431 g/mol. The maximum atomic E-state index is 13.5. The van der Waals surface area contributed by atoms with E-state index in [1.54, 1.807) is 25.1 Å². The molecular formula is C23H25ClF3NO3. The number of nitrogens with one attached hydrogen (secondary N) is 1. The van der Waals surface area contributed by atoms with E-state index in [0.717, 1.165) is 18.9 Å². The maximum Gasteiger partial charge on any atom is 0.392 e. The summed E-state index contributed by atoms with van der Waals surface area (Å²) in [6, 6.07) is 11.1. The van der Waals surface area contributed by atoms with E-state index in [-0.39, 0.29) is 28.6 Å². The van der Waals surface area contributed by atoms with Gasteiger partial charge in [0.1, 0.15) is 0 Å². The second-order valence-electron chi connectivity index (χ2n) is 7.63. The van der Waals surface area contributed by atoms with Gasteiger partial charge in [-0.2, -0.15) is 13.2 Å². The molecule has 2 aromatic rings. The second-order valence-corrected chi connectivity index (χ2v) is 8.04. The van der Waals surface area contributed by atoms with Crippen molar-refractivity contribution in [3.05, 3.63) is 64.2 Å². The van der Waals surface area contributed by atoms with Crippen LogP contribution in [0.15, 0.2) is 42.5 Å². The van der Waals surface area contributed by atoms with Gasteiger partial charge in [0.25, 0.3) is 0 Å². The van der Waals surface area contributed by atoms with Crippen LogP contribution in [0.3, 0.4) is 0 Å².